The fourth-order valence-corrected chi connectivity index (χ4v) is 2.05. The van der Waals surface area contributed by atoms with Crippen LogP contribution in [0.1, 0.15) is 46.5 Å². The van der Waals surface area contributed by atoms with Gasteiger partial charge in [-0.25, -0.2) is 0 Å². The van der Waals surface area contributed by atoms with Gasteiger partial charge in [-0.1, -0.05) is 33.6 Å². The summed E-state index contributed by atoms with van der Waals surface area (Å²) in [5, 5.41) is 0. The van der Waals surface area contributed by atoms with Crippen LogP contribution in [-0.4, -0.2) is 54.6 Å². The van der Waals surface area contributed by atoms with E-state index in [0.717, 1.165) is 25.5 Å². The van der Waals surface area contributed by atoms with Gasteiger partial charge in [-0.2, -0.15) is 0 Å². The third kappa shape index (κ3) is 6.68. The van der Waals surface area contributed by atoms with E-state index in [1.54, 1.807) is 7.05 Å². The number of carbonyl (C=O) groups is 3. The summed E-state index contributed by atoms with van der Waals surface area (Å²) in [6, 6.07) is 0. The lowest BCUT2D eigenvalue weighted by Gasteiger charge is -2.24. The molecule has 5 nitrogen and oxygen atoms in total. The van der Waals surface area contributed by atoms with Crippen LogP contribution in [0.5, 0.6) is 0 Å². The molecular weight excluding hydrogens is 256 g/mol. The summed E-state index contributed by atoms with van der Waals surface area (Å²) in [6.07, 6.45) is 3.94. The zero-order valence-electron chi connectivity index (χ0n) is 13.2. The Morgan fingerprint density at radius 3 is 2.15 bits per heavy atom. The third-order valence-corrected chi connectivity index (χ3v) is 3.56. The van der Waals surface area contributed by atoms with E-state index in [9.17, 15) is 14.4 Å². The van der Waals surface area contributed by atoms with E-state index in [0.29, 0.717) is 18.9 Å². The normalized spacial score (nSPS) is 10.4. The van der Waals surface area contributed by atoms with E-state index in [1.807, 2.05) is 6.92 Å². The van der Waals surface area contributed by atoms with E-state index >= 15 is 0 Å². The van der Waals surface area contributed by atoms with Crippen molar-refractivity contribution >= 4 is 18.1 Å². The molecule has 0 aliphatic rings. The molecule has 2 amide bonds. The Labute approximate surface area is 122 Å². The van der Waals surface area contributed by atoms with Crippen molar-refractivity contribution in [1.82, 2.24) is 9.80 Å². The molecule has 5 heteroatoms. The van der Waals surface area contributed by atoms with Gasteiger partial charge in [0.1, 0.15) is 6.29 Å². The number of likely N-dealkylation sites (N-methyl/N-ethyl adjacent to an activating group) is 1. The summed E-state index contributed by atoms with van der Waals surface area (Å²) in [6.45, 7) is 6.78. The van der Waals surface area contributed by atoms with Crippen LogP contribution in [0, 0.1) is 5.92 Å². The third-order valence-electron chi connectivity index (χ3n) is 3.56. The van der Waals surface area contributed by atoms with Crippen LogP contribution in [0.3, 0.4) is 0 Å². The van der Waals surface area contributed by atoms with Crippen LogP contribution in [-0.2, 0) is 14.4 Å². The minimum Gasteiger partial charge on any atom is -0.336 e. The van der Waals surface area contributed by atoms with E-state index in [1.165, 1.54) is 9.80 Å². The van der Waals surface area contributed by atoms with Crippen molar-refractivity contribution in [3.63, 3.8) is 0 Å². The minimum absolute atomic E-state index is 0.00500. The molecule has 0 radical (unpaired) electrons. The Balaban J connectivity index is 4.41. The lowest BCUT2D eigenvalue weighted by atomic mass is 9.99. The van der Waals surface area contributed by atoms with Crippen molar-refractivity contribution in [1.29, 1.82) is 0 Å². The Morgan fingerprint density at radius 1 is 1.10 bits per heavy atom. The predicted molar refractivity (Wildman–Crippen MR) is 79.3 cm³/mol. The number of rotatable bonds is 10. The lowest BCUT2D eigenvalue weighted by molar-refractivity contribution is -0.140. The summed E-state index contributed by atoms with van der Waals surface area (Å²) in [7, 11) is 1.65. The van der Waals surface area contributed by atoms with Crippen molar-refractivity contribution < 1.29 is 14.4 Å². The van der Waals surface area contributed by atoms with Gasteiger partial charge in [-0.05, 0) is 12.3 Å². The molecule has 0 rings (SSSR count). The molecule has 0 unspecified atom stereocenters. The number of amides is 2. The number of hydrogen-bond donors (Lipinski definition) is 0. The van der Waals surface area contributed by atoms with Gasteiger partial charge in [0.25, 0.3) is 0 Å². The highest BCUT2D eigenvalue weighted by atomic mass is 16.2. The summed E-state index contributed by atoms with van der Waals surface area (Å²) < 4.78 is 0. The van der Waals surface area contributed by atoms with Gasteiger partial charge < -0.3 is 14.6 Å². The van der Waals surface area contributed by atoms with E-state index in [2.05, 4.69) is 13.8 Å². The standard InChI is InChI=1S/C15H28N2O3/c1-5-8-17(9-10-18)15(20)12-16(4)14(19)11-13(6-2)7-3/h10,13H,5-9,11-12H2,1-4H3. The van der Waals surface area contributed by atoms with Crippen LogP contribution >= 0.6 is 0 Å². The second-order valence-corrected chi connectivity index (χ2v) is 5.14. The molecule has 0 aromatic heterocycles. The molecule has 0 spiro atoms. The van der Waals surface area contributed by atoms with Gasteiger partial charge in [0.05, 0.1) is 13.1 Å². The average Bonchev–Trinajstić information content (AvgIpc) is 2.43. The van der Waals surface area contributed by atoms with Crippen LogP contribution in [0.25, 0.3) is 0 Å². The number of hydrogen-bond acceptors (Lipinski definition) is 3. The van der Waals surface area contributed by atoms with E-state index in [-0.39, 0.29) is 24.9 Å². The largest absolute Gasteiger partial charge is 0.336 e. The molecule has 20 heavy (non-hydrogen) atoms. The summed E-state index contributed by atoms with van der Waals surface area (Å²) in [5.74, 6) is 0.204. The Kier molecular flexibility index (Phi) is 9.68. The monoisotopic (exact) mass is 284 g/mol. The fourth-order valence-electron chi connectivity index (χ4n) is 2.05. The maximum Gasteiger partial charge on any atom is 0.242 e. The smallest absolute Gasteiger partial charge is 0.242 e. The average molecular weight is 284 g/mol. The zero-order valence-corrected chi connectivity index (χ0v) is 13.2. The molecule has 0 aliphatic heterocycles. The second kappa shape index (κ2) is 10.4. The number of nitrogens with zero attached hydrogens (tertiary/aromatic N) is 2. The topological polar surface area (TPSA) is 57.7 Å². The van der Waals surface area contributed by atoms with Crippen molar-refractivity contribution in [2.75, 3.05) is 26.7 Å². The molecule has 0 saturated carbocycles. The van der Waals surface area contributed by atoms with Gasteiger partial charge in [0, 0.05) is 20.0 Å². The highest BCUT2D eigenvalue weighted by molar-refractivity contribution is 5.85. The first kappa shape index (κ1) is 18.6. The van der Waals surface area contributed by atoms with Gasteiger partial charge in [0.2, 0.25) is 11.8 Å². The molecule has 0 fully saturated rings. The minimum atomic E-state index is -0.167. The molecule has 0 bridgehead atoms. The molecule has 0 aromatic rings. The molecule has 0 N–H and O–H groups in total. The maximum absolute atomic E-state index is 12.0. The molecule has 0 saturated heterocycles. The van der Waals surface area contributed by atoms with Gasteiger partial charge in [-0.15, -0.1) is 0 Å². The molecule has 0 aliphatic carbocycles. The first-order chi connectivity index (χ1) is 9.49. The number of carbonyl (C=O) groups excluding carboxylic acids is 3. The quantitative estimate of drug-likeness (QED) is 0.574. The first-order valence-corrected chi connectivity index (χ1v) is 7.45. The van der Waals surface area contributed by atoms with Gasteiger partial charge in [0.15, 0.2) is 0 Å². The second-order valence-electron chi connectivity index (χ2n) is 5.14. The van der Waals surface area contributed by atoms with Crippen molar-refractivity contribution in [3.05, 3.63) is 0 Å². The first-order valence-electron chi connectivity index (χ1n) is 7.45. The molecule has 0 heterocycles. The van der Waals surface area contributed by atoms with Crippen molar-refractivity contribution in [3.8, 4) is 0 Å². The van der Waals surface area contributed by atoms with E-state index < -0.39 is 0 Å². The van der Waals surface area contributed by atoms with Crippen LogP contribution in [0.15, 0.2) is 0 Å². The van der Waals surface area contributed by atoms with Gasteiger partial charge in [-0.3, -0.25) is 9.59 Å². The zero-order chi connectivity index (χ0) is 15.5. The van der Waals surface area contributed by atoms with Crippen LogP contribution in [0.4, 0.5) is 0 Å². The predicted octanol–water partition coefficient (Wildman–Crippen LogP) is 1.71. The van der Waals surface area contributed by atoms with Crippen LogP contribution < -0.4 is 0 Å². The maximum atomic E-state index is 12.0. The summed E-state index contributed by atoms with van der Waals surface area (Å²) in [5.41, 5.74) is 0. The van der Waals surface area contributed by atoms with Crippen molar-refractivity contribution in [2.24, 2.45) is 5.92 Å². The molecular formula is C15H28N2O3. The van der Waals surface area contributed by atoms with Gasteiger partial charge >= 0.3 is 0 Å². The fraction of sp³-hybridized carbons (Fsp3) is 0.800. The molecule has 0 atom stereocenters. The SMILES string of the molecule is CCCN(CC=O)C(=O)CN(C)C(=O)CC(CC)CC. The van der Waals surface area contributed by atoms with Crippen LogP contribution in [0.2, 0.25) is 0 Å². The van der Waals surface area contributed by atoms with E-state index in [4.69, 9.17) is 0 Å². The number of aldehydes is 1. The Hall–Kier alpha value is -1.39. The Bertz CT molecular complexity index is 314. The summed E-state index contributed by atoms with van der Waals surface area (Å²) >= 11 is 0. The lowest BCUT2D eigenvalue weighted by Crippen LogP contribution is -2.42. The Morgan fingerprint density at radius 2 is 1.70 bits per heavy atom. The molecule has 0 aromatic carbocycles. The summed E-state index contributed by atoms with van der Waals surface area (Å²) in [4.78, 5) is 37.6. The highest BCUT2D eigenvalue weighted by Crippen LogP contribution is 2.13. The molecule has 116 valence electrons. The van der Waals surface area contributed by atoms with Crippen molar-refractivity contribution in [2.45, 2.75) is 46.5 Å². The highest BCUT2D eigenvalue weighted by Gasteiger charge is 2.19.